The van der Waals surface area contributed by atoms with Crippen molar-refractivity contribution in [1.82, 2.24) is 10.3 Å². The number of thiazole rings is 1. The second kappa shape index (κ2) is 7.05. The molecule has 1 aromatic carbocycles. The molecule has 1 aliphatic heterocycles. The first kappa shape index (κ1) is 14.5. The molecule has 0 aliphatic carbocycles. The second-order valence-corrected chi connectivity index (χ2v) is 6.41. The van der Waals surface area contributed by atoms with E-state index in [9.17, 15) is 0 Å². The number of nitrogens with one attached hydrogen (secondary N) is 1. The zero-order valence-electron chi connectivity index (χ0n) is 12.5. The Bertz CT molecular complexity index is 568. The van der Waals surface area contributed by atoms with Crippen LogP contribution >= 0.6 is 11.3 Å². The van der Waals surface area contributed by atoms with Crippen LogP contribution in [0.25, 0.3) is 0 Å². The van der Waals surface area contributed by atoms with Crippen molar-refractivity contribution in [2.24, 2.45) is 0 Å². The van der Waals surface area contributed by atoms with E-state index in [1.54, 1.807) is 11.3 Å². The molecule has 4 heteroatoms. The third-order valence-electron chi connectivity index (χ3n) is 3.91. The molecular formula is C17H22N2OS. The highest BCUT2D eigenvalue weighted by Gasteiger charge is 2.15. The Hall–Kier alpha value is -1.39. The highest BCUT2D eigenvalue weighted by Crippen LogP contribution is 2.28. The van der Waals surface area contributed by atoms with E-state index in [0.717, 1.165) is 44.6 Å². The monoisotopic (exact) mass is 302 g/mol. The molecule has 21 heavy (non-hydrogen) atoms. The van der Waals surface area contributed by atoms with Gasteiger partial charge in [0.05, 0.1) is 12.1 Å². The van der Waals surface area contributed by atoms with Crippen molar-refractivity contribution in [3.8, 4) is 5.75 Å². The van der Waals surface area contributed by atoms with Gasteiger partial charge in [0, 0.05) is 23.5 Å². The van der Waals surface area contributed by atoms with Crippen molar-refractivity contribution < 1.29 is 4.74 Å². The van der Waals surface area contributed by atoms with Crippen LogP contribution in [0.1, 0.15) is 41.8 Å². The standard InChI is InChI=1S/C17H22N2OS/c1-2-8-19-15(17-11-18-12-21-17)5-3-13-4-6-16-14(10-13)7-9-20-16/h4,6,10-12,15,19H,2-3,5,7-9H2,1H3. The number of hydrogen-bond acceptors (Lipinski definition) is 4. The molecule has 0 fully saturated rings. The fraction of sp³-hybridized carbons (Fsp3) is 0.471. The summed E-state index contributed by atoms with van der Waals surface area (Å²) in [5.41, 5.74) is 4.69. The van der Waals surface area contributed by atoms with Crippen molar-refractivity contribution in [1.29, 1.82) is 0 Å². The van der Waals surface area contributed by atoms with Crippen LogP contribution in [0.2, 0.25) is 0 Å². The van der Waals surface area contributed by atoms with E-state index in [2.05, 4.69) is 35.4 Å². The van der Waals surface area contributed by atoms with Crippen LogP contribution in [0.15, 0.2) is 29.9 Å². The maximum atomic E-state index is 5.57. The van der Waals surface area contributed by atoms with Gasteiger partial charge in [-0.15, -0.1) is 11.3 Å². The highest BCUT2D eigenvalue weighted by molar-refractivity contribution is 7.09. The predicted octanol–water partition coefficient (Wildman–Crippen LogP) is 3.75. The van der Waals surface area contributed by atoms with Gasteiger partial charge in [0.15, 0.2) is 0 Å². The highest BCUT2D eigenvalue weighted by atomic mass is 32.1. The first-order chi connectivity index (χ1) is 10.4. The van der Waals surface area contributed by atoms with Crippen LogP contribution in [-0.2, 0) is 12.8 Å². The Kier molecular flexibility index (Phi) is 4.88. The van der Waals surface area contributed by atoms with Crippen molar-refractivity contribution in [3.05, 3.63) is 45.9 Å². The number of hydrogen-bond donors (Lipinski definition) is 1. The lowest BCUT2D eigenvalue weighted by atomic mass is 10.0. The number of benzene rings is 1. The SMILES string of the molecule is CCCNC(CCc1ccc2c(c1)CCO2)c1cncs1. The van der Waals surface area contributed by atoms with Crippen molar-refractivity contribution in [2.75, 3.05) is 13.2 Å². The van der Waals surface area contributed by atoms with Gasteiger partial charge in [-0.05, 0) is 43.0 Å². The lowest BCUT2D eigenvalue weighted by Gasteiger charge is -2.17. The molecule has 0 amide bonds. The van der Waals surface area contributed by atoms with Gasteiger partial charge >= 0.3 is 0 Å². The number of nitrogens with zero attached hydrogens (tertiary/aromatic N) is 1. The summed E-state index contributed by atoms with van der Waals surface area (Å²) in [6.07, 6.45) is 6.41. The number of ether oxygens (including phenoxy) is 1. The van der Waals surface area contributed by atoms with E-state index < -0.39 is 0 Å². The van der Waals surface area contributed by atoms with E-state index in [1.165, 1.54) is 16.0 Å². The molecule has 0 bridgehead atoms. The fourth-order valence-corrected chi connectivity index (χ4v) is 3.50. The summed E-state index contributed by atoms with van der Waals surface area (Å²) in [5, 5.41) is 3.64. The summed E-state index contributed by atoms with van der Waals surface area (Å²) in [5.74, 6) is 1.07. The van der Waals surface area contributed by atoms with Crippen molar-refractivity contribution in [2.45, 2.75) is 38.6 Å². The lowest BCUT2D eigenvalue weighted by Crippen LogP contribution is -2.22. The van der Waals surface area contributed by atoms with Crippen LogP contribution in [0.4, 0.5) is 0 Å². The van der Waals surface area contributed by atoms with Crippen LogP contribution in [-0.4, -0.2) is 18.1 Å². The summed E-state index contributed by atoms with van der Waals surface area (Å²) in [7, 11) is 0. The molecular weight excluding hydrogens is 280 g/mol. The molecule has 1 unspecified atom stereocenters. The minimum atomic E-state index is 0.418. The summed E-state index contributed by atoms with van der Waals surface area (Å²) in [6.45, 7) is 4.10. The zero-order chi connectivity index (χ0) is 14.5. The number of fused-ring (bicyclic) bond motifs is 1. The third-order valence-corrected chi connectivity index (χ3v) is 4.80. The van der Waals surface area contributed by atoms with Crippen molar-refractivity contribution in [3.63, 3.8) is 0 Å². The number of aromatic nitrogens is 1. The van der Waals surface area contributed by atoms with Crippen LogP contribution in [0.5, 0.6) is 5.75 Å². The minimum absolute atomic E-state index is 0.418. The molecule has 2 aromatic rings. The fourth-order valence-electron chi connectivity index (χ4n) is 2.77. The molecule has 3 nitrogen and oxygen atoms in total. The summed E-state index contributed by atoms with van der Waals surface area (Å²) in [4.78, 5) is 5.56. The van der Waals surface area contributed by atoms with E-state index >= 15 is 0 Å². The summed E-state index contributed by atoms with van der Waals surface area (Å²) >= 11 is 1.74. The zero-order valence-corrected chi connectivity index (χ0v) is 13.3. The molecule has 1 atom stereocenters. The number of aryl methyl sites for hydroxylation is 1. The second-order valence-electron chi connectivity index (χ2n) is 5.49. The topological polar surface area (TPSA) is 34.1 Å². The molecule has 1 aromatic heterocycles. The molecule has 0 saturated heterocycles. The van der Waals surface area contributed by atoms with Gasteiger partial charge < -0.3 is 10.1 Å². The largest absolute Gasteiger partial charge is 0.493 e. The molecule has 112 valence electrons. The Labute approximate surface area is 130 Å². The van der Waals surface area contributed by atoms with Gasteiger partial charge in [0.25, 0.3) is 0 Å². The Morgan fingerprint density at radius 2 is 2.38 bits per heavy atom. The quantitative estimate of drug-likeness (QED) is 0.846. The Balaban J connectivity index is 1.63. The van der Waals surface area contributed by atoms with E-state index in [0.29, 0.717) is 6.04 Å². The van der Waals surface area contributed by atoms with Gasteiger partial charge in [0.1, 0.15) is 5.75 Å². The van der Waals surface area contributed by atoms with Crippen LogP contribution in [0, 0.1) is 0 Å². The minimum Gasteiger partial charge on any atom is -0.493 e. The summed E-state index contributed by atoms with van der Waals surface area (Å²) < 4.78 is 5.57. The van der Waals surface area contributed by atoms with Gasteiger partial charge in [0.2, 0.25) is 0 Å². The molecule has 2 heterocycles. The molecule has 0 spiro atoms. The normalized spacial score (nSPS) is 14.7. The average Bonchev–Trinajstić information content (AvgIpc) is 3.18. The maximum Gasteiger partial charge on any atom is 0.122 e. The molecule has 0 saturated carbocycles. The first-order valence-corrected chi connectivity index (χ1v) is 8.61. The predicted molar refractivity (Wildman–Crippen MR) is 87.1 cm³/mol. The third kappa shape index (κ3) is 3.63. The smallest absolute Gasteiger partial charge is 0.122 e. The Morgan fingerprint density at radius 3 is 3.19 bits per heavy atom. The van der Waals surface area contributed by atoms with Gasteiger partial charge in [-0.1, -0.05) is 19.1 Å². The van der Waals surface area contributed by atoms with Crippen molar-refractivity contribution >= 4 is 11.3 Å². The van der Waals surface area contributed by atoms with Gasteiger partial charge in [-0.25, -0.2) is 0 Å². The summed E-state index contributed by atoms with van der Waals surface area (Å²) in [6, 6.07) is 7.06. The Morgan fingerprint density at radius 1 is 1.43 bits per heavy atom. The van der Waals surface area contributed by atoms with E-state index in [-0.39, 0.29) is 0 Å². The lowest BCUT2D eigenvalue weighted by molar-refractivity contribution is 0.357. The first-order valence-electron chi connectivity index (χ1n) is 7.73. The number of rotatable bonds is 7. The van der Waals surface area contributed by atoms with Gasteiger partial charge in [-0.2, -0.15) is 0 Å². The van der Waals surface area contributed by atoms with Crippen LogP contribution in [0.3, 0.4) is 0 Å². The molecule has 0 radical (unpaired) electrons. The molecule has 3 rings (SSSR count). The average molecular weight is 302 g/mol. The van der Waals surface area contributed by atoms with E-state index in [1.807, 2.05) is 11.7 Å². The van der Waals surface area contributed by atoms with Gasteiger partial charge in [-0.3, -0.25) is 4.98 Å². The maximum absolute atomic E-state index is 5.57. The van der Waals surface area contributed by atoms with Crippen LogP contribution < -0.4 is 10.1 Å². The molecule has 1 N–H and O–H groups in total. The molecule has 1 aliphatic rings. The van der Waals surface area contributed by atoms with E-state index in [4.69, 9.17) is 4.74 Å².